The number of hydrogen-bond acceptors (Lipinski definition) is 3. The molecule has 0 fully saturated rings. The number of aliphatic hydroxyl groups excluding tert-OH is 1. The van der Waals surface area contributed by atoms with Gasteiger partial charge < -0.3 is 10.4 Å². The minimum atomic E-state index is -0.414. The number of carbonyl (C=O) groups excluding carboxylic acids is 1. The number of aliphatic hydroxyl groups is 1. The molecule has 0 bridgehead atoms. The number of benzene rings is 1. The summed E-state index contributed by atoms with van der Waals surface area (Å²) in [4.78, 5) is 12.2. The highest BCUT2D eigenvalue weighted by atomic mass is 16.3. The Bertz CT molecular complexity index is 544. The number of amides is 1. The van der Waals surface area contributed by atoms with Crippen LogP contribution in [-0.4, -0.2) is 27.8 Å². The zero-order valence-corrected chi connectivity index (χ0v) is 11.0. The summed E-state index contributed by atoms with van der Waals surface area (Å²) in [6, 6.07) is 8.97. The zero-order valence-electron chi connectivity index (χ0n) is 11.0. The Hall–Kier alpha value is -2.14. The summed E-state index contributed by atoms with van der Waals surface area (Å²) < 4.78 is 0. The number of aryl methyl sites for hydroxylation is 2. The topological polar surface area (TPSA) is 78.0 Å². The Balaban J connectivity index is 2.18. The minimum Gasteiger partial charge on any atom is -0.394 e. The molecule has 0 aliphatic rings. The van der Waals surface area contributed by atoms with Crippen molar-refractivity contribution in [3.8, 4) is 0 Å². The lowest BCUT2D eigenvalue weighted by Gasteiger charge is -2.16. The van der Waals surface area contributed by atoms with Gasteiger partial charge in [-0.1, -0.05) is 30.3 Å². The number of aromatic nitrogens is 2. The van der Waals surface area contributed by atoms with Crippen LogP contribution in [0.1, 0.15) is 33.4 Å². The molecular weight excluding hydrogens is 242 g/mol. The first-order chi connectivity index (χ1) is 9.13. The fourth-order valence-corrected chi connectivity index (χ4v) is 2.04. The van der Waals surface area contributed by atoms with E-state index >= 15 is 0 Å². The second kappa shape index (κ2) is 5.67. The van der Waals surface area contributed by atoms with Crippen LogP contribution < -0.4 is 5.32 Å². The largest absolute Gasteiger partial charge is 0.394 e. The second-order valence-electron chi connectivity index (χ2n) is 4.43. The van der Waals surface area contributed by atoms with Crippen molar-refractivity contribution in [1.82, 2.24) is 15.5 Å². The molecule has 0 unspecified atom stereocenters. The predicted molar refractivity (Wildman–Crippen MR) is 71.8 cm³/mol. The maximum atomic E-state index is 12.2. The molecule has 5 nitrogen and oxygen atoms in total. The van der Waals surface area contributed by atoms with Crippen LogP contribution in [0.2, 0.25) is 0 Å². The molecule has 2 aromatic rings. The molecule has 0 saturated heterocycles. The van der Waals surface area contributed by atoms with Gasteiger partial charge in [-0.2, -0.15) is 5.10 Å². The van der Waals surface area contributed by atoms with Crippen molar-refractivity contribution in [2.45, 2.75) is 19.9 Å². The zero-order chi connectivity index (χ0) is 13.8. The van der Waals surface area contributed by atoms with E-state index in [9.17, 15) is 9.90 Å². The lowest BCUT2D eigenvalue weighted by molar-refractivity contribution is 0.0915. The van der Waals surface area contributed by atoms with Crippen molar-refractivity contribution in [3.63, 3.8) is 0 Å². The molecule has 0 aliphatic carbocycles. The molecule has 19 heavy (non-hydrogen) atoms. The highest BCUT2D eigenvalue weighted by molar-refractivity contribution is 5.96. The van der Waals surface area contributed by atoms with Crippen LogP contribution in [0.3, 0.4) is 0 Å². The van der Waals surface area contributed by atoms with Gasteiger partial charge in [0.1, 0.15) is 0 Å². The first-order valence-electron chi connectivity index (χ1n) is 6.11. The average molecular weight is 259 g/mol. The number of nitrogens with one attached hydrogen (secondary N) is 2. The lowest BCUT2D eigenvalue weighted by atomic mass is 10.1. The quantitative estimate of drug-likeness (QED) is 0.778. The van der Waals surface area contributed by atoms with Crippen LogP contribution in [0.5, 0.6) is 0 Å². The molecule has 1 amide bonds. The molecule has 3 N–H and O–H groups in total. The maximum absolute atomic E-state index is 12.2. The Morgan fingerprint density at radius 1 is 1.37 bits per heavy atom. The molecule has 0 saturated carbocycles. The fraction of sp³-hybridized carbons (Fsp3) is 0.286. The van der Waals surface area contributed by atoms with Gasteiger partial charge in [0.2, 0.25) is 0 Å². The normalized spacial score (nSPS) is 12.2. The van der Waals surface area contributed by atoms with Crippen LogP contribution in [0.15, 0.2) is 30.3 Å². The van der Waals surface area contributed by atoms with E-state index in [2.05, 4.69) is 15.5 Å². The Morgan fingerprint density at radius 2 is 2.05 bits per heavy atom. The summed E-state index contributed by atoms with van der Waals surface area (Å²) in [6.45, 7) is 3.42. The Morgan fingerprint density at radius 3 is 2.58 bits per heavy atom. The number of hydrogen-bond donors (Lipinski definition) is 3. The van der Waals surface area contributed by atoms with Crippen molar-refractivity contribution < 1.29 is 9.90 Å². The van der Waals surface area contributed by atoms with Gasteiger partial charge in [-0.3, -0.25) is 9.89 Å². The van der Waals surface area contributed by atoms with Gasteiger partial charge in [0.25, 0.3) is 5.91 Å². The van der Waals surface area contributed by atoms with E-state index < -0.39 is 6.04 Å². The number of nitrogens with zero attached hydrogens (tertiary/aromatic N) is 1. The Kier molecular flexibility index (Phi) is 3.97. The number of H-pyrrole nitrogens is 1. The molecule has 1 aromatic heterocycles. The van der Waals surface area contributed by atoms with Gasteiger partial charge in [0.05, 0.1) is 23.9 Å². The average Bonchev–Trinajstić information content (AvgIpc) is 2.76. The molecule has 0 radical (unpaired) electrons. The van der Waals surface area contributed by atoms with E-state index in [1.54, 1.807) is 13.8 Å². The van der Waals surface area contributed by atoms with Crippen LogP contribution >= 0.6 is 0 Å². The van der Waals surface area contributed by atoms with Gasteiger partial charge in [0, 0.05) is 5.69 Å². The third kappa shape index (κ3) is 2.82. The van der Waals surface area contributed by atoms with Crippen LogP contribution in [0.25, 0.3) is 0 Å². The minimum absolute atomic E-state index is 0.147. The number of aromatic amines is 1. The monoisotopic (exact) mass is 259 g/mol. The molecular formula is C14H17N3O2. The molecule has 0 spiro atoms. The van der Waals surface area contributed by atoms with Gasteiger partial charge >= 0.3 is 0 Å². The lowest BCUT2D eigenvalue weighted by Crippen LogP contribution is -2.31. The molecule has 1 atom stereocenters. The third-order valence-corrected chi connectivity index (χ3v) is 3.05. The maximum Gasteiger partial charge on any atom is 0.255 e. The number of carbonyl (C=O) groups is 1. The van der Waals surface area contributed by atoms with Gasteiger partial charge in [-0.25, -0.2) is 0 Å². The van der Waals surface area contributed by atoms with Crippen molar-refractivity contribution >= 4 is 5.91 Å². The predicted octanol–water partition coefficient (Wildman–Crippen LogP) is 1.49. The summed E-state index contributed by atoms with van der Waals surface area (Å²) >= 11 is 0. The second-order valence-corrected chi connectivity index (χ2v) is 4.43. The number of rotatable bonds is 4. The summed E-state index contributed by atoms with van der Waals surface area (Å²) in [5.41, 5.74) is 2.78. The van der Waals surface area contributed by atoms with E-state index in [0.29, 0.717) is 11.3 Å². The van der Waals surface area contributed by atoms with Crippen LogP contribution in [-0.2, 0) is 0 Å². The van der Waals surface area contributed by atoms with E-state index in [-0.39, 0.29) is 12.5 Å². The van der Waals surface area contributed by atoms with Crippen molar-refractivity contribution in [2.75, 3.05) is 6.61 Å². The highest BCUT2D eigenvalue weighted by Gasteiger charge is 2.19. The first kappa shape index (κ1) is 13.3. The summed E-state index contributed by atoms with van der Waals surface area (Å²) in [7, 11) is 0. The van der Waals surface area contributed by atoms with E-state index in [1.165, 1.54) is 0 Å². The first-order valence-corrected chi connectivity index (χ1v) is 6.11. The third-order valence-electron chi connectivity index (χ3n) is 3.05. The van der Waals surface area contributed by atoms with Gasteiger partial charge in [-0.15, -0.1) is 0 Å². The van der Waals surface area contributed by atoms with Crippen molar-refractivity contribution in [1.29, 1.82) is 0 Å². The molecule has 100 valence electrons. The summed E-state index contributed by atoms with van der Waals surface area (Å²) in [5, 5.41) is 19.0. The SMILES string of the molecule is Cc1n[nH]c(C)c1C(=O)N[C@@H](CO)c1ccccc1. The van der Waals surface area contributed by atoms with E-state index in [4.69, 9.17) is 0 Å². The molecule has 2 rings (SSSR count). The van der Waals surface area contributed by atoms with Crippen LogP contribution in [0.4, 0.5) is 0 Å². The molecule has 5 heteroatoms. The molecule has 0 aliphatic heterocycles. The van der Waals surface area contributed by atoms with Gasteiger partial charge in [0.15, 0.2) is 0 Å². The fourth-order valence-electron chi connectivity index (χ4n) is 2.04. The van der Waals surface area contributed by atoms with Crippen molar-refractivity contribution in [2.24, 2.45) is 0 Å². The van der Waals surface area contributed by atoms with Crippen LogP contribution in [0, 0.1) is 13.8 Å². The summed E-state index contributed by atoms with van der Waals surface area (Å²) in [5.74, 6) is -0.230. The Labute approximate surface area is 111 Å². The molecule has 1 heterocycles. The standard InChI is InChI=1S/C14H17N3O2/c1-9-13(10(2)17-16-9)14(19)15-12(8-18)11-6-4-3-5-7-11/h3-7,12,18H,8H2,1-2H3,(H,15,19)(H,16,17)/t12-/m0/s1. The van der Waals surface area contributed by atoms with Crippen molar-refractivity contribution in [3.05, 3.63) is 52.8 Å². The van der Waals surface area contributed by atoms with E-state index in [1.807, 2.05) is 30.3 Å². The smallest absolute Gasteiger partial charge is 0.255 e. The van der Waals surface area contributed by atoms with Gasteiger partial charge in [-0.05, 0) is 19.4 Å². The highest BCUT2D eigenvalue weighted by Crippen LogP contribution is 2.15. The molecule has 1 aromatic carbocycles. The summed E-state index contributed by atoms with van der Waals surface area (Å²) in [6.07, 6.45) is 0. The van der Waals surface area contributed by atoms with E-state index in [0.717, 1.165) is 11.3 Å².